The summed E-state index contributed by atoms with van der Waals surface area (Å²) in [6.07, 6.45) is 3.15. The van der Waals surface area contributed by atoms with E-state index in [1.165, 1.54) is 13.4 Å². The van der Waals surface area contributed by atoms with Crippen LogP contribution in [0.15, 0.2) is 16.7 Å². The average molecular weight is 281 g/mol. The van der Waals surface area contributed by atoms with Gasteiger partial charge >= 0.3 is 11.9 Å². The molecule has 0 N–H and O–H groups in total. The summed E-state index contributed by atoms with van der Waals surface area (Å²) in [4.78, 5) is 25.4. The van der Waals surface area contributed by atoms with Gasteiger partial charge in [0, 0.05) is 0 Å². The summed E-state index contributed by atoms with van der Waals surface area (Å²) in [5.74, 6) is -0.121. The van der Waals surface area contributed by atoms with Crippen molar-refractivity contribution in [2.45, 2.75) is 32.4 Å². The molecule has 6 nitrogen and oxygen atoms in total. The summed E-state index contributed by atoms with van der Waals surface area (Å²) in [7, 11) is 1.33. The zero-order valence-corrected chi connectivity index (χ0v) is 11.8. The molecule has 0 radical (unpaired) electrons. The van der Waals surface area contributed by atoms with E-state index in [2.05, 4.69) is 0 Å². The van der Waals surface area contributed by atoms with Crippen molar-refractivity contribution in [3.63, 3.8) is 0 Å². The molecular weight excluding hydrogens is 262 g/mol. The van der Waals surface area contributed by atoms with Crippen molar-refractivity contribution in [2.24, 2.45) is 0 Å². The van der Waals surface area contributed by atoms with E-state index < -0.39 is 5.97 Å². The molecule has 0 bridgehead atoms. The molecule has 2 rings (SSSR count). The lowest BCUT2D eigenvalue weighted by Crippen LogP contribution is -2.37. The maximum absolute atomic E-state index is 11.9. The number of carbonyl (C=O) groups is 2. The third-order valence-electron chi connectivity index (χ3n) is 3.42. The summed E-state index contributed by atoms with van der Waals surface area (Å²) in [5, 5.41) is 0. The first kappa shape index (κ1) is 14.6. The first-order valence-corrected chi connectivity index (χ1v) is 6.72. The van der Waals surface area contributed by atoms with E-state index in [-0.39, 0.29) is 12.0 Å². The minimum absolute atomic E-state index is 0.212. The van der Waals surface area contributed by atoms with E-state index in [0.29, 0.717) is 24.5 Å². The fraction of sp³-hybridized carbons (Fsp3) is 0.571. The van der Waals surface area contributed by atoms with Gasteiger partial charge in [0.1, 0.15) is 17.4 Å². The quantitative estimate of drug-likeness (QED) is 0.763. The standard InChI is InChI=1S/C14H19NO5/c1-3-19-14(17)11-5-4-7-15(11)9-12-10(6-8-20-12)13(16)18-2/h6,8,11H,3-5,7,9H2,1-2H3. The summed E-state index contributed by atoms with van der Waals surface area (Å²) in [6.45, 7) is 3.35. The van der Waals surface area contributed by atoms with Crippen LogP contribution in [0.2, 0.25) is 0 Å². The first-order chi connectivity index (χ1) is 9.67. The number of hydrogen-bond acceptors (Lipinski definition) is 6. The second-order valence-electron chi connectivity index (χ2n) is 4.63. The Kier molecular flexibility index (Phi) is 4.79. The minimum Gasteiger partial charge on any atom is -0.467 e. The third-order valence-corrected chi connectivity index (χ3v) is 3.42. The van der Waals surface area contributed by atoms with Crippen LogP contribution >= 0.6 is 0 Å². The number of esters is 2. The minimum atomic E-state index is -0.430. The molecule has 0 aromatic carbocycles. The first-order valence-electron chi connectivity index (χ1n) is 6.72. The Morgan fingerprint density at radius 2 is 2.30 bits per heavy atom. The van der Waals surface area contributed by atoms with Gasteiger partial charge in [-0.15, -0.1) is 0 Å². The fourth-order valence-corrected chi connectivity index (χ4v) is 2.46. The van der Waals surface area contributed by atoms with Gasteiger partial charge in [0.25, 0.3) is 0 Å². The fourth-order valence-electron chi connectivity index (χ4n) is 2.46. The van der Waals surface area contributed by atoms with Crippen LogP contribution in [0.4, 0.5) is 0 Å². The average Bonchev–Trinajstić information content (AvgIpc) is 3.08. The molecular formula is C14H19NO5. The van der Waals surface area contributed by atoms with Crippen molar-refractivity contribution < 1.29 is 23.5 Å². The van der Waals surface area contributed by atoms with Crippen LogP contribution in [-0.4, -0.2) is 43.1 Å². The number of carbonyl (C=O) groups excluding carboxylic acids is 2. The lowest BCUT2D eigenvalue weighted by Gasteiger charge is -2.21. The highest BCUT2D eigenvalue weighted by molar-refractivity contribution is 5.90. The van der Waals surface area contributed by atoms with Gasteiger partial charge in [-0.3, -0.25) is 9.69 Å². The SMILES string of the molecule is CCOC(=O)C1CCCN1Cc1occc1C(=O)OC. The third kappa shape index (κ3) is 3.01. The van der Waals surface area contributed by atoms with Gasteiger partial charge in [-0.1, -0.05) is 0 Å². The molecule has 0 saturated carbocycles. The molecule has 1 unspecified atom stereocenters. The normalized spacial score (nSPS) is 19.0. The maximum atomic E-state index is 11.9. The molecule has 6 heteroatoms. The molecule has 110 valence electrons. The van der Waals surface area contributed by atoms with Gasteiger partial charge in [0.2, 0.25) is 0 Å². The van der Waals surface area contributed by atoms with Gasteiger partial charge < -0.3 is 13.9 Å². The summed E-state index contributed by atoms with van der Waals surface area (Å²) in [5.41, 5.74) is 0.405. The number of methoxy groups -OCH3 is 1. The van der Waals surface area contributed by atoms with Gasteiger partial charge in [0.15, 0.2) is 0 Å². The number of ether oxygens (including phenoxy) is 2. The highest BCUT2D eigenvalue weighted by Gasteiger charge is 2.33. The van der Waals surface area contributed by atoms with Crippen molar-refractivity contribution in [2.75, 3.05) is 20.3 Å². The van der Waals surface area contributed by atoms with Crippen LogP contribution in [0.25, 0.3) is 0 Å². The summed E-state index contributed by atoms with van der Waals surface area (Å²) < 4.78 is 15.1. The number of hydrogen-bond donors (Lipinski definition) is 0. The Labute approximate surface area is 117 Å². The highest BCUT2D eigenvalue weighted by atomic mass is 16.5. The second kappa shape index (κ2) is 6.56. The van der Waals surface area contributed by atoms with Crippen molar-refractivity contribution in [1.29, 1.82) is 0 Å². The monoisotopic (exact) mass is 281 g/mol. The van der Waals surface area contributed by atoms with E-state index in [1.807, 2.05) is 4.90 Å². The summed E-state index contributed by atoms with van der Waals surface area (Å²) >= 11 is 0. The largest absolute Gasteiger partial charge is 0.467 e. The lowest BCUT2D eigenvalue weighted by molar-refractivity contribution is -0.148. The molecule has 1 fully saturated rings. The number of rotatable bonds is 5. The zero-order chi connectivity index (χ0) is 14.5. The zero-order valence-electron chi connectivity index (χ0n) is 11.8. The molecule has 1 atom stereocenters. The van der Waals surface area contributed by atoms with Crippen LogP contribution in [0.5, 0.6) is 0 Å². The molecule has 1 aliphatic rings. The Morgan fingerprint density at radius 1 is 1.50 bits per heavy atom. The van der Waals surface area contributed by atoms with Gasteiger partial charge in [0.05, 0.1) is 26.5 Å². The van der Waals surface area contributed by atoms with Gasteiger partial charge in [-0.2, -0.15) is 0 Å². The maximum Gasteiger partial charge on any atom is 0.341 e. The van der Waals surface area contributed by atoms with Gasteiger partial charge in [-0.05, 0) is 32.4 Å². The van der Waals surface area contributed by atoms with E-state index in [1.54, 1.807) is 13.0 Å². The van der Waals surface area contributed by atoms with E-state index in [4.69, 9.17) is 13.9 Å². The van der Waals surface area contributed by atoms with Crippen molar-refractivity contribution in [3.8, 4) is 0 Å². The van der Waals surface area contributed by atoms with E-state index in [0.717, 1.165) is 19.4 Å². The molecule has 1 aromatic rings. The Morgan fingerprint density at radius 3 is 3.00 bits per heavy atom. The van der Waals surface area contributed by atoms with Crippen molar-refractivity contribution in [1.82, 2.24) is 4.90 Å². The van der Waals surface area contributed by atoms with E-state index >= 15 is 0 Å². The Hall–Kier alpha value is -1.82. The predicted molar refractivity (Wildman–Crippen MR) is 70.1 cm³/mol. The Balaban J connectivity index is 2.07. The van der Waals surface area contributed by atoms with Crippen LogP contribution in [0.3, 0.4) is 0 Å². The van der Waals surface area contributed by atoms with Crippen molar-refractivity contribution in [3.05, 3.63) is 23.7 Å². The number of furan rings is 1. The molecule has 0 aliphatic carbocycles. The van der Waals surface area contributed by atoms with Crippen LogP contribution in [0, 0.1) is 0 Å². The molecule has 1 saturated heterocycles. The molecule has 1 aromatic heterocycles. The Bertz CT molecular complexity index is 482. The molecule has 1 aliphatic heterocycles. The van der Waals surface area contributed by atoms with Crippen molar-refractivity contribution >= 4 is 11.9 Å². The topological polar surface area (TPSA) is 69.0 Å². The molecule has 2 heterocycles. The highest BCUT2D eigenvalue weighted by Crippen LogP contribution is 2.23. The number of nitrogens with zero attached hydrogens (tertiary/aromatic N) is 1. The molecule has 0 amide bonds. The van der Waals surface area contributed by atoms with Crippen LogP contribution in [-0.2, 0) is 20.8 Å². The smallest absolute Gasteiger partial charge is 0.341 e. The molecule has 0 spiro atoms. The predicted octanol–water partition coefficient (Wildman–Crippen LogP) is 1.59. The van der Waals surface area contributed by atoms with E-state index in [9.17, 15) is 9.59 Å². The lowest BCUT2D eigenvalue weighted by atomic mass is 10.2. The van der Waals surface area contributed by atoms with Gasteiger partial charge in [-0.25, -0.2) is 4.79 Å². The molecule has 20 heavy (non-hydrogen) atoms. The number of likely N-dealkylation sites (tertiary alicyclic amines) is 1. The second-order valence-corrected chi connectivity index (χ2v) is 4.63. The van der Waals surface area contributed by atoms with Crippen LogP contribution in [0.1, 0.15) is 35.9 Å². The van der Waals surface area contributed by atoms with Crippen LogP contribution < -0.4 is 0 Å². The summed E-state index contributed by atoms with van der Waals surface area (Å²) in [6, 6.07) is 1.32.